The molecule has 0 radical (unpaired) electrons. The minimum absolute atomic E-state index is 0.105. The summed E-state index contributed by atoms with van der Waals surface area (Å²) in [6.07, 6.45) is 2.62. The number of ether oxygens (including phenoxy) is 1. The predicted molar refractivity (Wildman–Crippen MR) is 115 cm³/mol. The summed E-state index contributed by atoms with van der Waals surface area (Å²) >= 11 is 0. The molecule has 0 spiro atoms. The van der Waals surface area contributed by atoms with E-state index in [1.165, 1.54) is 34.7 Å². The zero-order chi connectivity index (χ0) is 21.8. The highest BCUT2D eigenvalue weighted by molar-refractivity contribution is 7.89. The largest absolute Gasteiger partial charge is 0.378 e. The zero-order valence-corrected chi connectivity index (χ0v) is 17.9. The standard InChI is InChI=1S/C22H25N3O5S/c26-21(22(27)25-12-14-30-15-13-25)23-17-8-10-18(11-9-17)31(28,29)24-20-7-3-5-16-4-1-2-6-19(16)20/h1-2,4,6,8-11,20,24H,3,5,7,12-15H2,(H,23,26). The molecular weight excluding hydrogens is 418 g/mol. The van der Waals surface area contributed by atoms with Crippen LogP contribution in [0.5, 0.6) is 0 Å². The van der Waals surface area contributed by atoms with Gasteiger partial charge in [0.15, 0.2) is 0 Å². The first-order valence-electron chi connectivity index (χ1n) is 10.3. The predicted octanol–water partition coefficient (Wildman–Crippen LogP) is 1.84. The second kappa shape index (κ2) is 9.17. The average Bonchev–Trinajstić information content (AvgIpc) is 2.79. The van der Waals surface area contributed by atoms with Crippen molar-refractivity contribution < 1.29 is 22.7 Å². The number of carbonyl (C=O) groups excluding carboxylic acids is 2. The molecule has 2 aliphatic rings. The second-order valence-corrected chi connectivity index (χ2v) is 9.36. The topological polar surface area (TPSA) is 105 Å². The minimum atomic E-state index is -3.73. The van der Waals surface area contributed by atoms with Crippen LogP contribution in [0.3, 0.4) is 0 Å². The number of benzene rings is 2. The van der Waals surface area contributed by atoms with Gasteiger partial charge in [0.2, 0.25) is 10.0 Å². The number of hydrogen-bond donors (Lipinski definition) is 2. The van der Waals surface area contributed by atoms with Crippen molar-refractivity contribution in [3.63, 3.8) is 0 Å². The Morgan fingerprint density at radius 1 is 1.00 bits per heavy atom. The van der Waals surface area contributed by atoms with Crippen molar-refractivity contribution in [2.24, 2.45) is 0 Å². The number of aryl methyl sites for hydroxylation is 1. The third-order valence-electron chi connectivity index (χ3n) is 5.58. The van der Waals surface area contributed by atoms with Crippen LogP contribution < -0.4 is 10.0 Å². The van der Waals surface area contributed by atoms with Gasteiger partial charge in [-0.25, -0.2) is 13.1 Å². The third-order valence-corrected chi connectivity index (χ3v) is 7.07. The lowest BCUT2D eigenvalue weighted by Crippen LogP contribution is -2.45. The lowest BCUT2D eigenvalue weighted by molar-refractivity contribution is -0.145. The molecule has 1 aliphatic carbocycles. The SMILES string of the molecule is O=C(Nc1ccc(S(=O)(=O)NC2CCCc3ccccc32)cc1)C(=O)N1CCOCC1. The molecule has 1 saturated heterocycles. The molecule has 164 valence electrons. The van der Waals surface area contributed by atoms with Gasteiger partial charge in [0.05, 0.1) is 18.1 Å². The van der Waals surface area contributed by atoms with E-state index in [1.807, 2.05) is 24.3 Å². The van der Waals surface area contributed by atoms with Crippen molar-refractivity contribution in [2.45, 2.75) is 30.2 Å². The number of morpholine rings is 1. The van der Waals surface area contributed by atoms with Crippen LogP contribution >= 0.6 is 0 Å². The van der Waals surface area contributed by atoms with Gasteiger partial charge in [-0.15, -0.1) is 0 Å². The van der Waals surface area contributed by atoms with E-state index in [0.29, 0.717) is 32.0 Å². The van der Waals surface area contributed by atoms with E-state index in [4.69, 9.17) is 4.74 Å². The monoisotopic (exact) mass is 443 g/mol. The van der Waals surface area contributed by atoms with Gasteiger partial charge in [-0.1, -0.05) is 24.3 Å². The van der Waals surface area contributed by atoms with E-state index in [1.54, 1.807) is 0 Å². The first kappa shape index (κ1) is 21.5. The molecule has 2 aromatic carbocycles. The molecule has 2 N–H and O–H groups in total. The molecule has 0 saturated carbocycles. The Morgan fingerprint density at radius 3 is 2.45 bits per heavy atom. The quantitative estimate of drug-likeness (QED) is 0.702. The first-order valence-corrected chi connectivity index (χ1v) is 11.8. The summed E-state index contributed by atoms with van der Waals surface area (Å²) in [7, 11) is -3.73. The molecule has 31 heavy (non-hydrogen) atoms. The summed E-state index contributed by atoms with van der Waals surface area (Å²) in [5, 5.41) is 2.53. The molecule has 8 nitrogen and oxygen atoms in total. The molecule has 0 bridgehead atoms. The van der Waals surface area contributed by atoms with Crippen LogP contribution in [0.4, 0.5) is 5.69 Å². The number of anilines is 1. The lowest BCUT2D eigenvalue weighted by atomic mass is 9.88. The van der Waals surface area contributed by atoms with Gasteiger partial charge in [-0.2, -0.15) is 0 Å². The van der Waals surface area contributed by atoms with Crippen LogP contribution in [0.25, 0.3) is 0 Å². The van der Waals surface area contributed by atoms with Gasteiger partial charge in [-0.05, 0) is 54.7 Å². The number of fused-ring (bicyclic) bond motifs is 1. The fraction of sp³-hybridized carbons (Fsp3) is 0.364. The van der Waals surface area contributed by atoms with E-state index in [0.717, 1.165) is 24.8 Å². The maximum absolute atomic E-state index is 12.9. The molecule has 4 rings (SSSR count). The minimum Gasteiger partial charge on any atom is -0.378 e. The van der Waals surface area contributed by atoms with Crippen LogP contribution in [0.1, 0.15) is 30.0 Å². The third kappa shape index (κ3) is 4.95. The normalized spacial score (nSPS) is 18.8. The van der Waals surface area contributed by atoms with Crippen molar-refractivity contribution >= 4 is 27.5 Å². The fourth-order valence-corrected chi connectivity index (χ4v) is 5.19. The lowest BCUT2D eigenvalue weighted by Gasteiger charge is -2.26. The molecular formula is C22H25N3O5S. The van der Waals surface area contributed by atoms with Gasteiger partial charge in [0.1, 0.15) is 0 Å². The molecule has 1 unspecified atom stereocenters. The highest BCUT2D eigenvalue weighted by Crippen LogP contribution is 2.31. The Bertz CT molecular complexity index is 1060. The molecule has 1 heterocycles. The molecule has 1 aliphatic heterocycles. The van der Waals surface area contributed by atoms with E-state index < -0.39 is 21.8 Å². The number of nitrogens with zero attached hydrogens (tertiary/aromatic N) is 1. The summed E-state index contributed by atoms with van der Waals surface area (Å²) < 4.78 is 33.8. The van der Waals surface area contributed by atoms with Crippen LogP contribution in [0.2, 0.25) is 0 Å². The molecule has 2 aromatic rings. The summed E-state index contributed by atoms with van der Waals surface area (Å²) in [5.41, 5.74) is 2.54. The summed E-state index contributed by atoms with van der Waals surface area (Å²) in [6.45, 7) is 1.56. The molecule has 1 atom stereocenters. The Morgan fingerprint density at radius 2 is 1.71 bits per heavy atom. The van der Waals surface area contributed by atoms with E-state index in [-0.39, 0.29) is 10.9 Å². The highest BCUT2D eigenvalue weighted by atomic mass is 32.2. The first-order chi connectivity index (χ1) is 14.9. The maximum atomic E-state index is 12.9. The molecule has 9 heteroatoms. The summed E-state index contributed by atoms with van der Waals surface area (Å²) in [5.74, 6) is -1.38. The Balaban J connectivity index is 1.41. The number of hydrogen-bond acceptors (Lipinski definition) is 5. The fourth-order valence-electron chi connectivity index (χ4n) is 3.94. The zero-order valence-electron chi connectivity index (χ0n) is 17.0. The van der Waals surface area contributed by atoms with Gasteiger partial charge < -0.3 is 15.0 Å². The number of rotatable bonds is 4. The number of nitrogens with one attached hydrogen (secondary N) is 2. The van der Waals surface area contributed by atoms with Crippen LogP contribution in [-0.4, -0.2) is 51.4 Å². The van der Waals surface area contributed by atoms with Crippen molar-refractivity contribution in [1.82, 2.24) is 9.62 Å². The van der Waals surface area contributed by atoms with Crippen molar-refractivity contribution in [2.75, 3.05) is 31.6 Å². The maximum Gasteiger partial charge on any atom is 0.313 e. The van der Waals surface area contributed by atoms with Gasteiger partial charge in [-0.3, -0.25) is 9.59 Å². The number of carbonyl (C=O) groups is 2. The molecule has 1 fully saturated rings. The second-order valence-electron chi connectivity index (χ2n) is 7.65. The Hall–Kier alpha value is -2.75. The van der Waals surface area contributed by atoms with E-state index in [9.17, 15) is 18.0 Å². The molecule has 2 amide bonds. The summed E-state index contributed by atoms with van der Waals surface area (Å²) in [4.78, 5) is 25.9. The van der Waals surface area contributed by atoms with E-state index >= 15 is 0 Å². The van der Waals surface area contributed by atoms with Gasteiger partial charge >= 0.3 is 11.8 Å². The Kier molecular flexibility index (Phi) is 6.35. The highest BCUT2D eigenvalue weighted by Gasteiger charge is 2.26. The summed E-state index contributed by atoms with van der Waals surface area (Å²) in [6, 6.07) is 13.4. The van der Waals surface area contributed by atoms with Crippen molar-refractivity contribution in [3.8, 4) is 0 Å². The van der Waals surface area contributed by atoms with Crippen molar-refractivity contribution in [1.29, 1.82) is 0 Å². The van der Waals surface area contributed by atoms with E-state index in [2.05, 4.69) is 10.0 Å². The Labute approximate surface area is 181 Å². The van der Waals surface area contributed by atoms with Crippen LogP contribution in [0.15, 0.2) is 53.4 Å². The number of amides is 2. The average molecular weight is 444 g/mol. The van der Waals surface area contributed by atoms with Gasteiger partial charge in [0, 0.05) is 24.8 Å². The van der Waals surface area contributed by atoms with Gasteiger partial charge in [0.25, 0.3) is 0 Å². The smallest absolute Gasteiger partial charge is 0.313 e. The van der Waals surface area contributed by atoms with Crippen LogP contribution in [0, 0.1) is 0 Å². The molecule has 0 aromatic heterocycles. The van der Waals surface area contributed by atoms with Crippen LogP contribution in [-0.2, 0) is 30.8 Å². The van der Waals surface area contributed by atoms with Crippen molar-refractivity contribution in [3.05, 3.63) is 59.7 Å². The number of sulfonamides is 1.